The van der Waals surface area contributed by atoms with Gasteiger partial charge >= 0.3 is 17.9 Å². The topological polar surface area (TPSA) is 225 Å². The summed E-state index contributed by atoms with van der Waals surface area (Å²) in [6, 6.07) is -4.93. The van der Waals surface area contributed by atoms with Crippen LogP contribution in [-0.2, 0) is 28.8 Å². The van der Waals surface area contributed by atoms with Crippen molar-refractivity contribution >= 4 is 35.6 Å². The average Bonchev–Trinajstić information content (AvgIpc) is 2.66. The molecule has 3 amide bonds. The summed E-state index contributed by atoms with van der Waals surface area (Å²) < 4.78 is 0. The Kier molecular flexibility index (Phi) is 12.6. The summed E-state index contributed by atoms with van der Waals surface area (Å²) in [7, 11) is 0. The van der Waals surface area contributed by atoms with Gasteiger partial charge in [0.05, 0.1) is 6.04 Å². The summed E-state index contributed by atoms with van der Waals surface area (Å²) in [4.78, 5) is 70.2. The van der Waals surface area contributed by atoms with Gasteiger partial charge in [0.25, 0.3) is 0 Å². The second-order valence-electron chi connectivity index (χ2n) is 7.80. The SMILES string of the molecule is CC(C)CC(NC(=O)C(CCC(=O)O)NC(=O)C(C)N)C(=O)NC(CCC(=O)O)C(=O)O. The third-order valence-electron chi connectivity index (χ3n) is 4.29. The van der Waals surface area contributed by atoms with Crippen LogP contribution in [0, 0.1) is 5.92 Å². The van der Waals surface area contributed by atoms with Crippen molar-refractivity contribution in [2.45, 2.75) is 77.0 Å². The van der Waals surface area contributed by atoms with Gasteiger partial charge in [0.15, 0.2) is 0 Å². The van der Waals surface area contributed by atoms with E-state index in [-0.39, 0.29) is 25.2 Å². The molecule has 0 aliphatic heterocycles. The zero-order chi connectivity index (χ0) is 25.0. The van der Waals surface area contributed by atoms with Crippen LogP contribution in [0.15, 0.2) is 0 Å². The molecule has 0 bridgehead atoms. The lowest BCUT2D eigenvalue weighted by Crippen LogP contribution is -2.57. The summed E-state index contributed by atoms with van der Waals surface area (Å²) >= 11 is 0. The van der Waals surface area contributed by atoms with Crippen LogP contribution in [0.5, 0.6) is 0 Å². The highest BCUT2D eigenvalue weighted by Gasteiger charge is 2.30. The summed E-state index contributed by atoms with van der Waals surface area (Å²) in [5, 5.41) is 33.8. The van der Waals surface area contributed by atoms with E-state index in [9.17, 15) is 33.9 Å². The molecule has 4 atom stereocenters. The molecule has 0 aromatic carbocycles. The third kappa shape index (κ3) is 11.8. The number of carboxylic acid groups (broad SMARTS) is 3. The number of aliphatic carboxylic acids is 3. The van der Waals surface area contributed by atoms with Gasteiger partial charge in [0, 0.05) is 12.8 Å². The molecule has 4 unspecified atom stereocenters. The lowest BCUT2D eigenvalue weighted by Gasteiger charge is -2.25. The quantitative estimate of drug-likeness (QED) is 0.152. The number of rotatable bonds is 15. The van der Waals surface area contributed by atoms with Gasteiger partial charge in [0.1, 0.15) is 18.1 Å². The fourth-order valence-corrected chi connectivity index (χ4v) is 2.61. The van der Waals surface area contributed by atoms with Gasteiger partial charge in [-0.15, -0.1) is 0 Å². The van der Waals surface area contributed by atoms with Gasteiger partial charge in [0.2, 0.25) is 17.7 Å². The Bertz CT molecular complexity index is 709. The van der Waals surface area contributed by atoms with E-state index in [1.807, 2.05) is 0 Å². The van der Waals surface area contributed by atoms with Gasteiger partial charge in [-0.25, -0.2) is 4.79 Å². The fraction of sp³-hybridized carbons (Fsp3) is 0.684. The second kappa shape index (κ2) is 14.0. The number of nitrogens with two attached hydrogens (primary N) is 1. The molecule has 13 heteroatoms. The summed E-state index contributed by atoms with van der Waals surface area (Å²) in [6.45, 7) is 4.89. The molecule has 0 rings (SSSR count). The molecule has 0 aliphatic rings. The first-order valence-corrected chi connectivity index (χ1v) is 10.1. The molecule has 0 radical (unpaired) electrons. The van der Waals surface area contributed by atoms with Crippen LogP contribution in [0.1, 0.15) is 52.9 Å². The molecule has 182 valence electrons. The number of amides is 3. The van der Waals surface area contributed by atoms with Crippen molar-refractivity contribution in [3.8, 4) is 0 Å². The van der Waals surface area contributed by atoms with Crippen molar-refractivity contribution in [3.63, 3.8) is 0 Å². The van der Waals surface area contributed by atoms with Gasteiger partial charge in [-0.1, -0.05) is 13.8 Å². The van der Waals surface area contributed by atoms with Gasteiger partial charge < -0.3 is 37.0 Å². The van der Waals surface area contributed by atoms with Crippen molar-refractivity contribution < 1.29 is 44.1 Å². The van der Waals surface area contributed by atoms with E-state index in [1.165, 1.54) is 6.92 Å². The van der Waals surface area contributed by atoms with Crippen LogP contribution in [0.25, 0.3) is 0 Å². The standard InChI is InChI=1S/C19H32N4O9/c1-9(2)8-13(18(30)22-12(19(31)32)5-7-15(26)27)23-17(29)11(4-6-14(24)25)21-16(28)10(3)20/h9-13H,4-8,20H2,1-3H3,(H,21,28)(H,22,30)(H,23,29)(H,24,25)(H,26,27)(H,31,32). The predicted molar refractivity (Wildman–Crippen MR) is 110 cm³/mol. The summed E-state index contributed by atoms with van der Waals surface area (Å²) in [5.74, 6) is -6.35. The number of carbonyl (C=O) groups excluding carboxylic acids is 3. The van der Waals surface area contributed by atoms with Crippen LogP contribution >= 0.6 is 0 Å². The molecule has 0 saturated heterocycles. The molecule has 0 aromatic rings. The highest BCUT2D eigenvalue weighted by molar-refractivity contribution is 5.94. The lowest BCUT2D eigenvalue weighted by molar-refractivity contribution is -0.143. The molecule has 0 heterocycles. The second-order valence-corrected chi connectivity index (χ2v) is 7.80. The van der Waals surface area contributed by atoms with Crippen molar-refractivity contribution in [1.82, 2.24) is 16.0 Å². The molecular formula is C19H32N4O9. The van der Waals surface area contributed by atoms with Crippen LogP contribution in [0.4, 0.5) is 0 Å². The number of nitrogens with one attached hydrogen (secondary N) is 3. The Morgan fingerprint density at radius 3 is 1.50 bits per heavy atom. The van der Waals surface area contributed by atoms with E-state index in [0.29, 0.717) is 0 Å². The zero-order valence-electron chi connectivity index (χ0n) is 18.3. The van der Waals surface area contributed by atoms with Gasteiger partial charge in [-0.05, 0) is 32.1 Å². The number of carboxylic acids is 3. The highest BCUT2D eigenvalue weighted by atomic mass is 16.4. The molecule has 8 N–H and O–H groups in total. The van der Waals surface area contributed by atoms with Crippen molar-refractivity contribution in [3.05, 3.63) is 0 Å². The number of hydrogen-bond acceptors (Lipinski definition) is 7. The summed E-state index contributed by atoms with van der Waals surface area (Å²) in [5.41, 5.74) is 5.47. The van der Waals surface area contributed by atoms with Crippen molar-refractivity contribution in [2.24, 2.45) is 11.7 Å². The first-order chi connectivity index (χ1) is 14.7. The van der Waals surface area contributed by atoms with Crippen molar-refractivity contribution in [1.29, 1.82) is 0 Å². The van der Waals surface area contributed by atoms with Crippen molar-refractivity contribution in [2.75, 3.05) is 0 Å². The smallest absolute Gasteiger partial charge is 0.326 e. The minimum Gasteiger partial charge on any atom is -0.481 e. The molecule has 0 aromatic heterocycles. The number of hydrogen-bond donors (Lipinski definition) is 7. The number of carbonyl (C=O) groups is 6. The predicted octanol–water partition coefficient (Wildman–Crippen LogP) is -1.35. The maximum atomic E-state index is 12.7. The van der Waals surface area contributed by atoms with Crippen LogP contribution in [0.2, 0.25) is 0 Å². The molecule has 13 nitrogen and oxygen atoms in total. The van der Waals surface area contributed by atoms with Crippen LogP contribution < -0.4 is 21.7 Å². The fourth-order valence-electron chi connectivity index (χ4n) is 2.61. The van der Waals surface area contributed by atoms with E-state index < -0.39 is 72.6 Å². The molecule has 0 saturated carbocycles. The molecule has 0 fully saturated rings. The highest BCUT2D eigenvalue weighted by Crippen LogP contribution is 2.08. The van der Waals surface area contributed by atoms with E-state index in [0.717, 1.165) is 0 Å². The van der Waals surface area contributed by atoms with E-state index >= 15 is 0 Å². The molecule has 0 aliphatic carbocycles. The molecule has 0 spiro atoms. The third-order valence-corrected chi connectivity index (χ3v) is 4.29. The first kappa shape index (κ1) is 28.8. The monoisotopic (exact) mass is 460 g/mol. The van der Waals surface area contributed by atoms with E-state index in [1.54, 1.807) is 13.8 Å². The Morgan fingerprint density at radius 1 is 0.688 bits per heavy atom. The van der Waals surface area contributed by atoms with Gasteiger partial charge in [-0.2, -0.15) is 0 Å². The average molecular weight is 460 g/mol. The maximum Gasteiger partial charge on any atom is 0.326 e. The van der Waals surface area contributed by atoms with E-state index in [4.69, 9.17) is 15.9 Å². The van der Waals surface area contributed by atoms with Gasteiger partial charge in [-0.3, -0.25) is 24.0 Å². The Morgan fingerprint density at radius 2 is 1.09 bits per heavy atom. The zero-order valence-corrected chi connectivity index (χ0v) is 18.3. The minimum absolute atomic E-state index is 0.107. The minimum atomic E-state index is -1.48. The summed E-state index contributed by atoms with van der Waals surface area (Å²) in [6.07, 6.45) is -1.43. The first-order valence-electron chi connectivity index (χ1n) is 10.1. The van der Waals surface area contributed by atoms with Crippen LogP contribution in [0.3, 0.4) is 0 Å². The Labute approximate surface area is 185 Å². The Balaban J connectivity index is 5.47. The normalized spacial score (nSPS) is 14.5. The largest absolute Gasteiger partial charge is 0.481 e. The van der Waals surface area contributed by atoms with Crippen LogP contribution in [-0.4, -0.2) is 75.1 Å². The lowest BCUT2D eigenvalue weighted by atomic mass is 10.0. The maximum absolute atomic E-state index is 12.7. The molecule has 32 heavy (non-hydrogen) atoms. The van der Waals surface area contributed by atoms with E-state index in [2.05, 4.69) is 16.0 Å². The molecular weight excluding hydrogens is 428 g/mol. The Hall–Kier alpha value is -3.22.